The first-order valence-electron chi connectivity index (χ1n) is 6.60. The van der Waals surface area contributed by atoms with E-state index in [1.54, 1.807) is 7.11 Å². The molecule has 1 atom stereocenters. The van der Waals surface area contributed by atoms with Crippen molar-refractivity contribution in [3.63, 3.8) is 0 Å². The fourth-order valence-electron chi connectivity index (χ4n) is 1.63. The molecule has 5 heteroatoms. The van der Waals surface area contributed by atoms with Gasteiger partial charge in [0.2, 0.25) is 0 Å². The maximum Gasteiger partial charge on any atom is 0.0700 e. The number of ether oxygens (including phenoxy) is 2. The Balaban J connectivity index is 2.08. The molecule has 1 unspecified atom stereocenters. The zero-order valence-electron chi connectivity index (χ0n) is 11.7. The molecule has 0 radical (unpaired) electrons. The van der Waals surface area contributed by atoms with Crippen LogP contribution in [0.4, 0.5) is 0 Å². The lowest BCUT2D eigenvalue weighted by atomic mass is 10.2. The number of aryl methyl sites for hydroxylation is 1. The highest BCUT2D eigenvalue weighted by Gasteiger charge is 2.06. The lowest BCUT2D eigenvalue weighted by Gasteiger charge is -2.11. The molecule has 0 fully saturated rings. The molecule has 0 saturated carbocycles. The molecular formula is C13H25N3O2. The highest BCUT2D eigenvalue weighted by Crippen LogP contribution is 2.10. The van der Waals surface area contributed by atoms with Crippen LogP contribution in [0.1, 0.15) is 31.9 Å². The number of rotatable bonds is 10. The summed E-state index contributed by atoms with van der Waals surface area (Å²) in [6, 6.07) is 0.337. The summed E-state index contributed by atoms with van der Waals surface area (Å²) >= 11 is 0. The van der Waals surface area contributed by atoms with Crippen LogP contribution >= 0.6 is 0 Å². The predicted molar refractivity (Wildman–Crippen MR) is 71.6 cm³/mol. The number of hydrogen-bond acceptors (Lipinski definition) is 4. The van der Waals surface area contributed by atoms with Crippen molar-refractivity contribution in [1.82, 2.24) is 15.1 Å². The quantitative estimate of drug-likeness (QED) is 0.645. The molecule has 0 aliphatic carbocycles. The van der Waals surface area contributed by atoms with E-state index in [2.05, 4.69) is 30.5 Å². The van der Waals surface area contributed by atoms with Crippen molar-refractivity contribution in [3.8, 4) is 0 Å². The molecule has 1 aromatic heterocycles. The van der Waals surface area contributed by atoms with Gasteiger partial charge < -0.3 is 14.8 Å². The molecule has 0 aliphatic heterocycles. The first-order valence-corrected chi connectivity index (χ1v) is 6.60. The maximum atomic E-state index is 5.40. The molecule has 1 aromatic rings. The van der Waals surface area contributed by atoms with Gasteiger partial charge in [-0.1, -0.05) is 0 Å². The van der Waals surface area contributed by atoms with Gasteiger partial charge in [-0.15, -0.1) is 0 Å². The summed E-state index contributed by atoms with van der Waals surface area (Å²) in [6.45, 7) is 8.23. The first kappa shape index (κ1) is 15.1. The third-order valence-electron chi connectivity index (χ3n) is 2.82. The van der Waals surface area contributed by atoms with Gasteiger partial charge in [-0.3, -0.25) is 4.68 Å². The van der Waals surface area contributed by atoms with Crippen LogP contribution in [-0.4, -0.2) is 43.3 Å². The Hall–Kier alpha value is -0.910. The van der Waals surface area contributed by atoms with E-state index in [4.69, 9.17) is 9.47 Å². The van der Waals surface area contributed by atoms with Gasteiger partial charge in [-0.25, -0.2) is 0 Å². The standard InChI is InChI=1S/C13H25N3O2/c1-4-16-11-13(10-15-16)12(2)14-6-5-7-18-9-8-17-3/h10-12,14H,4-9H2,1-3H3. The van der Waals surface area contributed by atoms with Crippen molar-refractivity contribution < 1.29 is 9.47 Å². The summed E-state index contributed by atoms with van der Waals surface area (Å²) in [6.07, 6.45) is 5.03. The molecule has 1 N–H and O–H groups in total. The first-order chi connectivity index (χ1) is 8.77. The number of nitrogens with one attached hydrogen (secondary N) is 1. The van der Waals surface area contributed by atoms with Crippen molar-refractivity contribution in [2.45, 2.75) is 32.9 Å². The predicted octanol–water partition coefficient (Wildman–Crippen LogP) is 1.61. The summed E-state index contributed by atoms with van der Waals surface area (Å²) in [5.41, 5.74) is 1.23. The topological polar surface area (TPSA) is 48.3 Å². The molecule has 104 valence electrons. The van der Waals surface area contributed by atoms with Crippen LogP contribution in [0.15, 0.2) is 12.4 Å². The summed E-state index contributed by atoms with van der Waals surface area (Å²) < 4.78 is 12.3. The van der Waals surface area contributed by atoms with Gasteiger partial charge in [0.05, 0.1) is 19.4 Å². The fraction of sp³-hybridized carbons (Fsp3) is 0.769. The number of nitrogens with zero attached hydrogens (tertiary/aromatic N) is 2. The maximum absolute atomic E-state index is 5.40. The van der Waals surface area contributed by atoms with Crippen molar-refractivity contribution in [1.29, 1.82) is 0 Å². The van der Waals surface area contributed by atoms with Crippen LogP contribution in [0, 0.1) is 0 Å². The normalized spacial score (nSPS) is 12.8. The Kier molecular flexibility index (Phi) is 7.64. The summed E-state index contributed by atoms with van der Waals surface area (Å²) in [5.74, 6) is 0. The van der Waals surface area contributed by atoms with Crippen LogP contribution in [-0.2, 0) is 16.0 Å². The molecule has 0 spiro atoms. The Morgan fingerprint density at radius 2 is 2.22 bits per heavy atom. The van der Waals surface area contributed by atoms with E-state index >= 15 is 0 Å². The Bertz CT molecular complexity index is 315. The second-order valence-corrected chi connectivity index (χ2v) is 4.26. The van der Waals surface area contributed by atoms with Crippen LogP contribution in [0.5, 0.6) is 0 Å². The van der Waals surface area contributed by atoms with E-state index < -0.39 is 0 Å². The van der Waals surface area contributed by atoms with E-state index in [-0.39, 0.29) is 0 Å². The SMILES string of the molecule is CCn1cc(C(C)NCCCOCCOC)cn1. The van der Waals surface area contributed by atoms with Gasteiger partial charge >= 0.3 is 0 Å². The van der Waals surface area contributed by atoms with Crippen LogP contribution < -0.4 is 5.32 Å². The average Bonchev–Trinajstić information content (AvgIpc) is 2.86. The van der Waals surface area contributed by atoms with Gasteiger partial charge in [0.1, 0.15) is 0 Å². The van der Waals surface area contributed by atoms with Crippen molar-refractivity contribution in [2.75, 3.05) is 33.5 Å². The van der Waals surface area contributed by atoms with Crippen molar-refractivity contribution in [3.05, 3.63) is 18.0 Å². The molecule has 0 aromatic carbocycles. The Morgan fingerprint density at radius 1 is 1.39 bits per heavy atom. The summed E-state index contributed by atoms with van der Waals surface area (Å²) in [5, 5.41) is 7.73. The second kappa shape index (κ2) is 9.08. The van der Waals surface area contributed by atoms with Crippen molar-refractivity contribution >= 4 is 0 Å². The Morgan fingerprint density at radius 3 is 2.89 bits per heavy atom. The number of aromatic nitrogens is 2. The zero-order valence-corrected chi connectivity index (χ0v) is 11.7. The lowest BCUT2D eigenvalue weighted by Crippen LogP contribution is -2.21. The number of hydrogen-bond donors (Lipinski definition) is 1. The molecule has 0 aliphatic rings. The largest absolute Gasteiger partial charge is 0.382 e. The second-order valence-electron chi connectivity index (χ2n) is 4.26. The van der Waals surface area contributed by atoms with Gasteiger partial charge in [0, 0.05) is 38.1 Å². The minimum Gasteiger partial charge on any atom is -0.382 e. The van der Waals surface area contributed by atoms with E-state index in [0.717, 1.165) is 26.1 Å². The lowest BCUT2D eigenvalue weighted by molar-refractivity contribution is 0.0693. The molecule has 1 heterocycles. The van der Waals surface area contributed by atoms with Gasteiger partial charge in [0.25, 0.3) is 0 Å². The highest BCUT2D eigenvalue weighted by atomic mass is 16.5. The van der Waals surface area contributed by atoms with Crippen LogP contribution in [0.3, 0.4) is 0 Å². The van der Waals surface area contributed by atoms with Gasteiger partial charge in [-0.05, 0) is 26.8 Å². The molecule has 0 saturated heterocycles. The summed E-state index contributed by atoms with van der Waals surface area (Å²) in [7, 11) is 1.68. The monoisotopic (exact) mass is 255 g/mol. The Labute approximate surface area is 109 Å². The zero-order chi connectivity index (χ0) is 13.2. The average molecular weight is 255 g/mol. The molecule has 0 amide bonds. The van der Waals surface area contributed by atoms with Crippen molar-refractivity contribution in [2.24, 2.45) is 0 Å². The van der Waals surface area contributed by atoms with Crippen LogP contribution in [0.25, 0.3) is 0 Å². The van der Waals surface area contributed by atoms with E-state index in [9.17, 15) is 0 Å². The summed E-state index contributed by atoms with van der Waals surface area (Å²) in [4.78, 5) is 0. The van der Waals surface area contributed by atoms with E-state index in [1.165, 1.54) is 5.56 Å². The molecule has 0 bridgehead atoms. The number of methoxy groups -OCH3 is 1. The third kappa shape index (κ3) is 5.62. The molecular weight excluding hydrogens is 230 g/mol. The minimum absolute atomic E-state index is 0.337. The molecule has 18 heavy (non-hydrogen) atoms. The smallest absolute Gasteiger partial charge is 0.0700 e. The fourth-order valence-corrected chi connectivity index (χ4v) is 1.63. The highest BCUT2D eigenvalue weighted by molar-refractivity contribution is 5.08. The molecule has 5 nitrogen and oxygen atoms in total. The molecule has 1 rings (SSSR count). The minimum atomic E-state index is 0.337. The van der Waals surface area contributed by atoms with Gasteiger partial charge in [-0.2, -0.15) is 5.10 Å². The van der Waals surface area contributed by atoms with Gasteiger partial charge in [0.15, 0.2) is 0 Å². The van der Waals surface area contributed by atoms with Crippen LogP contribution in [0.2, 0.25) is 0 Å². The van der Waals surface area contributed by atoms with E-state index in [1.807, 2.05) is 10.9 Å². The third-order valence-corrected chi connectivity index (χ3v) is 2.82. The van der Waals surface area contributed by atoms with E-state index in [0.29, 0.717) is 19.3 Å².